The topological polar surface area (TPSA) is 105 Å². The van der Waals surface area contributed by atoms with Gasteiger partial charge < -0.3 is 33.8 Å². The lowest BCUT2D eigenvalue weighted by atomic mass is 9.80. The van der Waals surface area contributed by atoms with Crippen LogP contribution in [0.4, 0.5) is 15.4 Å². The van der Waals surface area contributed by atoms with Crippen molar-refractivity contribution in [3.8, 4) is 5.75 Å². The number of amides is 3. The zero-order valence-electron chi connectivity index (χ0n) is 35.8. The molecule has 3 amide bonds. The summed E-state index contributed by atoms with van der Waals surface area (Å²) in [6, 6.07) is 13.8. The Balaban J connectivity index is 1.09. The highest BCUT2D eigenvalue weighted by Gasteiger charge is 2.44. The van der Waals surface area contributed by atoms with Gasteiger partial charge in [-0.25, -0.2) is 14.6 Å². The number of aryl methyl sites for hydroxylation is 1. The van der Waals surface area contributed by atoms with E-state index < -0.39 is 23.2 Å². The molecule has 60 heavy (non-hydrogen) atoms. The van der Waals surface area contributed by atoms with Crippen molar-refractivity contribution in [2.45, 2.75) is 135 Å². The molecule has 14 heteroatoms. The van der Waals surface area contributed by atoms with Crippen LogP contribution in [0.3, 0.4) is 0 Å². The van der Waals surface area contributed by atoms with E-state index in [-0.39, 0.29) is 42.7 Å². The molecule has 0 unspecified atom stereocenters. The van der Waals surface area contributed by atoms with Crippen LogP contribution in [-0.2, 0) is 27.4 Å². The Hall–Kier alpha value is -3.93. The number of nitrogens with zero attached hydrogens (tertiary/aromatic N) is 5. The van der Waals surface area contributed by atoms with E-state index in [1.807, 2.05) is 96.0 Å². The molecule has 0 spiro atoms. The van der Waals surface area contributed by atoms with E-state index in [0.29, 0.717) is 53.4 Å². The van der Waals surface area contributed by atoms with Crippen LogP contribution in [0.5, 0.6) is 5.75 Å². The number of hydrogen-bond donors (Lipinski definition) is 0. The molecule has 3 heterocycles. The summed E-state index contributed by atoms with van der Waals surface area (Å²) in [4.78, 5) is 54.2. The van der Waals surface area contributed by atoms with Crippen LogP contribution in [0.15, 0.2) is 48.7 Å². The van der Waals surface area contributed by atoms with Gasteiger partial charge in [0.15, 0.2) is 5.75 Å². The van der Waals surface area contributed by atoms with Gasteiger partial charge in [-0.3, -0.25) is 4.79 Å². The third kappa shape index (κ3) is 11.1. The molecule has 3 aromatic rings. The van der Waals surface area contributed by atoms with Crippen molar-refractivity contribution in [1.82, 2.24) is 19.7 Å². The van der Waals surface area contributed by atoms with Crippen molar-refractivity contribution in [3.05, 3.63) is 86.0 Å². The Labute approximate surface area is 369 Å². The molecule has 2 aliphatic carbocycles. The second-order valence-corrected chi connectivity index (χ2v) is 20.1. The molecule has 4 fully saturated rings. The van der Waals surface area contributed by atoms with Crippen molar-refractivity contribution in [1.29, 1.82) is 0 Å². The van der Waals surface area contributed by atoms with Gasteiger partial charge >= 0.3 is 12.2 Å². The van der Waals surface area contributed by atoms with Gasteiger partial charge in [0.25, 0.3) is 0 Å². The maximum Gasteiger partial charge on any atom is 0.410 e. The lowest BCUT2D eigenvalue weighted by Gasteiger charge is -2.40. The van der Waals surface area contributed by atoms with E-state index >= 15 is 4.79 Å². The van der Waals surface area contributed by atoms with Crippen LogP contribution >= 0.6 is 34.8 Å². The first-order valence-corrected chi connectivity index (χ1v) is 22.3. The molecule has 7 rings (SSSR count). The van der Waals surface area contributed by atoms with Crippen LogP contribution in [0.2, 0.25) is 15.1 Å². The number of carbonyl (C=O) groups is 3. The summed E-state index contributed by atoms with van der Waals surface area (Å²) in [7, 11) is 0. The van der Waals surface area contributed by atoms with Crippen molar-refractivity contribution >= 4 is 58.7 Å². The van der Waals surface area contributed by atoms with Crippen molar-refractivity contribution in [3.63, 3.8) is 0 Å². The second-order valence-electron chi connectivity index (χ2n) is 18.9. The number of carbonyl (C=O) groups excluding carboxylic acids is 3. The SMILES string of the molecule is Cc1cc(Cl)c(O[C@H]2CCN(c3ccc([C@H]4CCN(C(=O)OC(C)(C)C)C[C@@H]4C(=O)N(Cc4cc(CN(C(=O)OC(C)(C)C)C5CC5)ccc4Cl)C4CC4)cn3)C2)c(Cl)c1. The van der Waals surface area contributed by atoms with Gasteiger partial charge in [0.2, 0.25) is 5.91 Å². The summed E-state index contributed by atoms with van der Waals surface area (Å²) >= 11 is 19.8. The Kier molecular flexibility index (Phi) is 13.1. The number of likely N-dealkylation sites (tertiary alicyclic amines) is 1. The van der Waals surface area contributed by atoms with Gasteiger partial charge in [-0.15, -0.1) is 0 Å². The van der Waals surface area contributed by atoms with Crippen LogP contribution in [0.1, 0.15) is 108 Å². The molecule has 2 saturated carbocycles. The number of anilines is 1. The monoisotopic (exact) mass is 881 g/mol. The minimum absolute atomic E-state index is 0.0253. The molecule has 324 valence electrons. The zero-order valence-corrected chi connectivity index (χ0v) is 38.1. The highest BCUT2D eigenvalue weighted by molar-refractivity contribution is 6.37. The van der Waals surface area contributed by atoms with Gasteiger partial charge in [-0.2, -0.15) is 0 Å². The second kappa shape index (κ2) is 17.8. The third-order valence-corrected chi connectivity index (χ3v) is 12.3. The molecular formula is C46H58Cl3N5O6. The highest BCUT2D eigenvalue weighted by Crippen LogP contribution is 2.40. The van der Waals surface area contributed by atoms with E-state index in [1.54, 1.807) is 9.80 Å². The minimum atomic E-state index is -0.675. The molecule has 0 N–H and O–H groups in total. The average Bonchev–Trinajstić information content (AvgIpc) is 4.12. The lowest BCUT2D eigenvalue weighted by Crippen LogP contribution is -2.51. The molecule has 1 aromatic heterocycles. The summed E-state index contributed by atoms with van der Waals surface area (Å²) in [5.74, 6) is 0.583. The molecule has 2 saturated heterocycles. The number of benzene rings is 2. The number of pyridine rings is 1. The molecule has 2 aliphatic heterocycles. The fourth-order valence-electron chi connectivity index (χ4n) is 8.16. The van der Waals surface area contributed by atoms with Crippen LogP contribution < -0.4 is 9.64 Å². The Morgan fingerprint density at radius 1 is 0.767 bits per heavy atom. The predicted octanol–water partition coefficient (Wildman–Crippen LogP) is 10.4. The number of ether oxygens (including phenoxy) is 3. The zero-order chi connectivity index (χ0) is 43.1. The molecule has 3 atom stereocenters. The van der Waals surface area contributed by atoms with Crippen molar-refractivity contribution in [2.75, 3.05) is 31.1 Å². The van der Waals surface area contributed by atoms with Gasteiger partial charge in [0.05, 0.1) is 22.5 Å². The standard InChI is InChI=1S/C46H58Cl3N5O6/c1-28-20-38(48)41(39(49)21-28)58-34-16-18-51(26-34)40-15-9-30(23-50-40)35-17-19-52(43(56)59-45(2,3)4)27-36(35)42(55)53(32-10-11-32)25-31-22-29(8-14-37(31)47)24-54(33-12-13-33)44(57)60-46(5,6)7/h8-9,14-15,20-23,32-36H,10-13,16-19,24-27H2,1-7H3/t34-,35+,36-/m0/s1. The predicted molar refractivity (Wildman–Crippen MR) is 235 cm³/mol. The minimum Gasteiger partial charge on any atom is -0.485 e. The Bertz CT molecular complexity index is 2040. The highest BCUT2D eigenvalue weighted by atomic mass is 35.5. The number of rotatable bonds is 11. The smallest absolute Gasteiger partial charge is 0.410 e. The molecule has 4 aliphatic rings. The summed E-state index contributed by atoms with van der Waals surface area (Å²) in [5, 5.41) is 1.55. The number of hydrogen-bond acceptors (Lipinski definition) is 8. The first-order valence-electron chi connectivity index (χ1n) is 21.2. The summed E-state index contributed by atoms with van der Waals surface area (Å²) in [6.45, 7) is 15.9. The summed E-state index contributed by atoms with van der Waals surface area (Å²) in [5.41, 5.74) is 2.38. The van der Waals surface area contributed by atoms with Gasteiger partial charge in [0, 0.05) is 68.4 Å². The van der Waals surface area contributed by atoms with E-state index in [4.69, 9.17) is 54.0 Å². The van der Waals surface area contributed by atoms with Crippen molar-refractivity contribution in [2.24, 2.45) is 5.92 Å². The van der Waals surface area contributed by atoms with Crippen LogP contribution in [-0.4, -0.2) is 93.3 Å². The molecule has 2 aromatic carbocycles. The van der Waals surface area contributed by atoms with Crippen LogP contribution in [0.25, 0.3) is 0 Å². The van der Waals surface area contributed by atoms with E-state index in [2.05, 4.69) is 11.0 Å². The molecule has 0 bridgehead atoms. The van der Waals surface area contributed by atoms with Gasteiger partial charge in [0.1, 0.15) is 23.1 Å². The number of halogens is 3. The van der Waals surface area contributed by atoms with Gasteiger partial charge in [-0.1, -0.05) is 53.0 Å². The average molecular weight is 883 g/mol. The van der Waals surface area contributed by atoms with Gasteiger partial charge in [-0.05, 0) is 127 Å². The first-order chi connectivity index (χ1) is 28.3. The normalized spacial score (nSPS) is 20.8. The Morgan fingerprint density at radius 3 is 2.05 bits per heavy atom. The van der Waals surface area contributed by atoms with Crippen molar-refractivity contribution < 1.29 is 28.6 Å². The quantitative estimate of drug-likeness (QED) is 0.188. The molecular weight excluding hydrogens is 825 g/mol. The number of piperidine rings is 1. The fourth-order valence-corrected chi connectivity index (χ4v) is 9.02. The van der Waals surface area contributed by atoms with E-state index in [0.717, 1.165) is 66.7 Å². The maximum absolute atomic E-state index is 15.0. The third-order valence-electron chi connectivity index (χ3n) is 11.4. The maximum atomic E-state index is 15.0. The Morgan fingerprint density at radius 2 is 1.43 bits per heavy atom. The number of aromatic nitrogens is 1. The molecule has 0 radical (unpaired) electrons. The van der Waals surface area contributed by atoms with Crippen LogP contribution in [0, 0.1) is 12.8 Å². The summed E-state index contributed by atoms with van der Waals surface area (Å²) in [6.07, 6.45) is 6.05. The van der Waals surface area contributed by atoms with E-state index in [9.17, 15) is 9.59 Å². The first kappa shape index (κ1) is 44.1. The fraction of sp³-hybridized carbons (Fsp3) is 0.565. The largest absolute Gasteiger partial charge is 0.485 e. The lowest BCUT2D eigenvalue weighted by molar-refractivity contribution is -0.139. The van der Waals surface area contributed by atoms with E-state index in [1.165, 1.54) is 0 Å². The summed E-state index contributed by atoms with van der Waals surface area (Å²) < 4.78 is 17.8. The molecule has 11 nitrogen and oxygen atoms in total.